The molecule has 0 aromatic carbocycles. The number of hydrogen-bond donors (Lipinski definition) is 1. The summed E-state index contributed by atoms with van der Waals surface area (Å²) in [7, 11) is 0. The maximum Gasteiger partial charge on any atom is 0.300 e. The Morgan fingerprint density at radius 2 is 1.80 bits per heavy atom. The summed E-state index contributed by atoms with van der Waals surface area (Å²) in [5.74, 6) is -0.833. The van der Waals surface area contributed by atoms with Crippen molar-refractivity contribution in [2.45, 2.75) is 6.92 Å². The molecule has 0 aliphatic carbocycles. The first-order valence-electron chi connectivity index (χ1n) is 0.928. The number of carbonyl (C=O) groups is 1. The van der Waals surface area contributed by atoms with Gasteiger partial charge >= 0.3 is 0 Å². The van der Waals surface area contributed by atoms with Crippen molar-refractivity contribution >= 4 is 64.2 Å². The van der Waals surface area contributed by atoms with Crippen LogP contribution in [0.2, 0.25) is 0 Å². The Balaban J connectivity index is 0. The number of rotatable bonds is 0. The molecule has 0 saturated carbocycles. The minimum Gasteiger partial charge on any atom is -0.481 e. The molecule has 0 amide bonds. The summed E-state index contributed by atoms with van der Waals surface area (Å²) >= 11 is 0. The van der Waals surface area contributed by atoms with E-state index in [0.29, 0.717) is 0 Å². The molecule has 2 nitrogen and oxygen atoms in total. The molecule has 3 heteroatoms. The van der Waals surface area contributed by atoms with Crippen molar-refractivity contribution in [2.24, 2.45) is 0 Å². The summed E-state index contributed by atoms with van der Waals surface area (Å²) in [6.45, 7) is 1.08. The maximum absolute atomic E-state index is 9.00. The average Bonchev–Trinajstić information content (AvgIpc) is 0.811. The molecule has 0 spiro atoms. The Hall–Kier alpha value is 1.28. The van der Waals surface area contributed by atoms with Crippen molar-refractivity contribution in [3.8, 4) is 0 Å². The van der Waals surface area contributed by atoms with Crippen LogP contribution in [0.15, 0.2) is 0 Å². The van der Waals surface area contributed by atoms with Crippen LogP contribution >= 0.6 is 0 Å². The van der Waals surface area contributed by atoms with Crippen molar-refractivity contribution in [3.63, 3.8) is 0 Å². The van der Waals surface area contributed by atoms with E-state index in [-0.39, 0.29) is 58.2 Å². The van der Waals surface area contributed by atoms with Crippen LogP contribution in [0.25, 0.3) is 0 Å². The van der Waals surface area contributed by atoms with E-state index < -0.39 is 5.97 Å². The first kappa shape index (κ1) is 9.55. The number of carboxylic acids is 1. The third kappa shape index (κ3) is 34.8. The number of carboxylic acid groups (broad SMARTS) is 1. The van der Waals surface area contributed by atoms with Crippen molar-refractivity contribution in [2.75, 3.05) is 0 Å². The van der Waals surface area contributed by atoms with E-state index in [1.54, 1.807) is 0 Å². The standard InChI is InChI=1S/C2H4O2.Rb/c1-2(3)4;/h1H3,(H,3,4);. The monoisotopic (exact) mass is 145 g/mol. The molecule has 0 aromatic heterocycles. The molecule has 0 rings (SSSR count). The van der Waals surface area contributed by atoms with E-state index in [2.05, 4.69) is 0 Å². The van der Waals surface area contributed by atoms with Gasteiger partial charge in [0.1, 0.15) is 0 Å². The van der Waals surface area contributed by atoms with Gasteiger partial charge in [-0.15, -0.1) is 0 Å². The molecule has 0 atom stereocenters. The third-order valence-electron chi connectivity index (χ3n) is 0. The molecular formula is C2H4O2Rb. The zero-order chi connectivity index (χ0) is 3.58. The predicted octanol–water partition coefficient (Wildman–Crippen LogP) is -0.290. The Kier molecular flexibility index (Phi) is 10.1. The van der Waals surface area contributed by atoms with Crippen molar-refractivity contribution in [1.29, 1.82) is 0 Å². The molecule has 0 aromatic rings. The largest absolute Gasteiger partial charge is 0.481 e. The summed E-state index contributed by atoms with van der Waals surface area (Å²) in [5, 5.41) is 7.42. The average molecular weight is 146 g/mol. The molecule has 0 aliphatic rings. The zero-order valence-corrected chi connectivity index (χ0v) is 8.27. The Morgan fingerprint density at radius 3 is 1.80 bits per heavy atom. The summed E-state index contributed by atoms with van der Waals surface area (Å²) in [5.41, 5.74) is 0. The molecule has 0 bridgehead atoms. The Morgan fingerprint density at radius 1 is 1.80 bits per heavy atom. The summed E-state index contributed by atoms with van der Waals surface area (Å²) in [4.78, 5) is 9.00. The molecule has 0 fully saturated rings. The molecule has 1 N–H and O–H groups in total. The minimum atomic E-state index is -0.833. The van der Waals surface area contributed by atoms with Crippen molar-refractivity contribution in [1.82, 2.24) is 0 Å². The molecule has 0 unspecified atom stereocenters. The number of aliphatic carboxylic acids is 1. The fourth-order valence-corrected chi connectivity index (χ4v) is 0. The van der Waals surface area contributed by atoms with Crippen LogP contribution in [0.5, 0.6) is 0 Å². The van der Waals surface area contributed by atoms with Gasteiger partial charge in [0.15, 0.2) is 0 Å². The first-order chi connectivity index (χ1) is 1.73. The molecule has 25 valence electrons. The maximum atomic E-state index is 9.00. The second-order valence-corrected chi connectivity index (χ2v) is 0.519. The van der Waals surface area contributed by atoms with E-state index in [9.17, 15) is 0 Å². The van der Waals surface area contributed by atoms with Crippen LogP contribution in [-0.4, -0.2) is 69.3 Å². The second-order valence-electron chi connectivity index (χ2n) is 0.519. The topological polar surface area (TPSA) is 37.3 Å². The van der Waals surface area contributed by atoms with Gasteiger partial charge in [-0.1, -0.05) is 0 Å². The van der Waals surface area contributed by atoms with E-state index in [4.69, 9.17) is 9.90 Å². The Bertz CT molecular complexity index is 30.6. The third-order valence-corrected chi connectivity index (χ3v) is 0. The van der Waals surface area contributed by atoms with E-state index in [0.717, 1.165) is 6.92 Å². The second kappa shape index (κ2) is 5.28. The molecule has 0 heterocycles. The van der Waals surface area contributed by atoms with Gasteiger partial charge in [-0.3, -0.25) is 4.79 Å². The molecule has 0 aliphatic heterocycles. The van der Waals surface area contributed by atoms with E-state index in [1.165, 1.54) is 0 Å². The number of hydrogen-bond acceptors (Lipinski definition) is 1. The summed E-state index contributed by atoms with van der Waals surface area (Å²) in [6.07, 6.45) is 0. The summed E-state index contributed by atoms with van der Waals surface area (Å²) < 4.78 is 0. The van der Waals surface area contributed by atoms with Crippen LogP contribution in [0.1, 0.15) is 6.92 Å². The zero-order valence-electron chi connectivity index (χ0n) is 3.36. The van der Waals surface area contributed by atoms with Gasteiger partial charge in [-0.2, -0.15) is 0 Å². The molecule has 5 heavy (non-hydrogen) atoms. The van der Waals surface area contributed by atoms with Gasteiger partial charge in [-0.25, -0.2) is 0 Å². The quantitative estimate of drug-likeness (QED) is 0.509. The van der Waals surface area contributed by atoms with Crippen molar-refractivity contribution in [3.05, 3.63) is 0 Å². The van der Waals surface area contributed by atoms with E-state index >= 15 is 0 Å². The van der Waals surface area contributed by atoms with Gasteiger partial charge in [0.05, 0.1) is 0 Å². The molecule has 0 saturated heterocycles. The minimum absolute atomic E-state index is 0. The Labute approximate surface area is 79.4 Å². The van der Waals surface area contributed by atoms with Crippen LogP contribution in [-0.2, 0) is 4.79 Å². The molecular weight excluding hydrogens is 141 g/mol. The van der Waals surface area contributed by atoms with Crippen LogP contribution < -0.4 is 0 Å². The van der Waals surface area contributed by atoms with Gasteiger partial charge in [0, 0.05) is 65.1 Å². The summed E-state index contributed by atoms with van der Waals surface area (Å²) in [6, 6.07) is 0. The fraction of sp³-hybridized carbons (Fsp3) is 0.500. The van der Waals surface area contributed by atoms with Gasteiger partial charge in [0.2, 0.25) is 0 Å². The van der Waals surface area contributed by atoms with Gasteiger partial charge in [-0.05, 0) is 0 Å². The van der Waals surface area contributed by atoms with Gasteiger partial charge in [0.25, 0.3) is 5.97 Å². The molecule has 1 radical (unpaired) electrons. The van der Waals surface area contributed by atoms with Crippen molar-refractivity contribution < 1.29 is 9.90 Å². The SMILES string of the molecule is CC(=O)O.[Rb]. The van der Waals surface area contributed by atoms with Crippen LogP contribution in [0, 0.1) is 0 Å². The normalized spacial score (nSPS) is 5.00. The van der Waals surface area contributed by atoms with E-state index in [1.807, 2.05) is 0 Å². The van der Waals surface area contributed by atoms with Gasteiger partial charge < -0.3 is 5.11 Å². The predicted molar refractivity (Wildman–Crippen MR) is 19.1 cm³/mol. The smallest absolute Gasteiger partial charge is 0.300 e. The van der Waals surface area contributed by atoms with Crippen LogP contribution in [0.3, 0.4) is 0 Å². The van der Waals surface area contributed by atoms with Crippen LogP contribution in [0.4, 0.5) is 0 Å². The fourth-order valence-electron chi connectivity index (χ4n) is 0. The first-order valence-corrected chi connectivity index (χ1v) is 0.928.